The van der Waals surface area contributed by atoms with E-state index in [1.165, 1.54) is 19.2 Å². The molecule has 10 heteroatoms. The third-order valence-electron chi connectivity index (χ3n) is 2.79. The van der Waals surface area contributed by atoms with Crippen LogP contribution in [0, 0.1) is 0 Å². The zero-order chi connectivity index (χ0) is 17.6. The molecular weight excluding hydrogens is 306 g/mol. The average Bonchev–Trinajstić information content (AvgIpc) is 2.52. The Morgan fingerprint density at radius 3 is 1.78 bits per heavy atom. The Bertz CT molecular complexity index is 765. The zero-order valence-electron chi connectivity index (χ0n) is 12.6. The van der Waals surface area contributed by atoms with Crippen LogP contribution in [0.25, 0.3) is 0 Å². The van der Waals surface area contributed by atoms with E-state index in [0.29, 0.717) is 4.57 Å². The second-order valence-corrected chi connectivity index (χ2v) is 4.36. The molecule has 0 radical (unpaired) electrons. The molecule has 0 saturated carbocycles. The van der Waals surface area contributed by atoms with E-state index in [2.05, 4.69) is 18.5 Å². The van der Waals surface area contributed by atoms with Gasteiger partial charge in [0.1, 0.15) is 6.54 Å². The topological polar surface area (TPSA) is 124 Å². The van der Waals surface area contributed by atoms with Crippen molar-refractivity contribution in [2.75, 3.05) is 7.05 Å². The Hall–Kier alpha value is -3.17. The molecule has 1 heterocycles. The fraction of sp³-hybridized carbons (Fsp3) is 0.308. The maximum atomic E-state index is 12.2. The number of allylic oxidation sites excluding steroid dienone is 2. The van der Waals surface area contributed by atoms with E-state index in [1.54, 1.807) is 0 Å². The SMILES string of the molecule is C=CCn1c(=O)n(CC=C)c(=O)n(CC(=O)NC(=O)NC)c1=O. The van der Waals surface area contributed by atoms with Gasteiger partial charge < -0.3 is 5.32 Å². The Balaban J connectivity index is 3.44. The molecule has 0 atom stereocenters. The summed E-state index contributed by atoms with van der Waals surface area (Å²) in [6.07, 6.45) is 2.61. The molecular formula is C13H17N5O5. The second-order valence-electron chi connectivity index (χ2n) is 4.36. The number of amides is 3. The molecule has 1 aromatic heterocycles. The van der Waals surface area contributed by atoms with Crippen molar-refractivity contribution in [3.8, 4) is 0 Å². The number of aromatic nitrogens is 3. The quantitative estimate of drug-likeness (QED) is 0.586. The van der Waals surface area contributed by atoms with Crippen LogP contribution in [-0.2, 0) is 24.4 Å². The minimum Gasteiger partial charge on any atom is -0.341 e. The lowest BCUT2D eigenvalue weighted by Crippen LogP contribution is -2.56. The van der Waals surface area contributed by atoms with Crippen LogP contribution < -0.4 is 27.7 Å². The Morgan fingerprint density at radius 1 is 0.957 bits per heavy atom. The van der Waals surface area contributed by atoms with Gasteiger partial charge in [-0.3, -0.25) is 10.1 Å². The lowest BCUT2D eigenvalue weighted by molar-refractivity contribution is -0.120. The van der Waals surface area contributed by atoms with Crippen LogP contribution in [0.5, 0.6) is 0 Å². The largest absolute Gasteiger partial charge is 0.341 e. The summed E-state index contributed by atoms with van der Waals surface area (Å²) < 4.78 is 2.07. The van der Waals surface area contributed by atoms with Crippen LogP contribution >= 0.6 is 0 Å². The lowest BCUT2D eigenvalue weighted by atomic mass is 10.5. The molecule has 0 aromatic carbocycles. The van der Waals surface area contributed by atoms with Gasteiger partial charge in [0.05, 0.1) is 13.1 Å². The van der Waals surface area contributed by atoms with Gasteiger partial charge in [0, 0.05) is 7.05 Å². The van der Waals surface area contributed by atoms with Gasteiger partial charge in [-0.25, -0.2) is 32.9 Å². The number of urea groups is 1. The standard InChI is InChI=1S/C13H17N5O5/c1-4-6-16-11(21)17(7-5-2)13(23)18(12(16)22)8-9(19)15-10(20)14-3/h4-5H,1-2,6-8H2,3H3,(H2,14,15,19,20). The van der Waals surface area contributed by atoms with Crippen molar-refractivity contribution in [2.24, 2.45) is 0 Å². The van der Waals surface area contributed by atoms with Gasteiger partial charge in [-0.05, 0) is 0 Å². The van der Waals surface area contributed by atoms with E-state index in [4.69, 9.17) is 0 Å². The highest BCUT2D eigenvalue weighted by Crippen LogP contribution is 1.80. The van der Waals surface area contributed by atoms with Gasteiger partial charge in [0.25, 0.3) is 0 Å². The highest BCUT2D eigenvalue weighted by Gasteiger charge is 2.17. The lowest BCUT2D eigenvalue weighted by Gasteiger charge is -2.11. The van der Waals surface area contributed by atoms with Crippen molar-refractivity contribution >= 4 is 11.9 Å². The third kappa shape index (κ3) is 3.93. The molecule has 3 amide bonds. The number of carbonyl (C=O) groups is 2. The predicted molar refractivity (Wildman–Crippen MR) is 82.2 cm³/mol. The minimum atomic E-state index is -0.965. The van der Waals surface area contributed by atoms with Crippen LogP contribution in [0.15, 0.2) is 39.7 Å². The molecule has 0 fully saturated rings. The summed E-state index contributed by atoms with van der Waals surface area (Å²) in [6, 6.07) is -0.783. The Labute approximate surface area is 130 Å². The van der Waals surface area contributed by atoms with Crippen molar-refractivity contribution in [1.82, 2.24) is 24.3 Å². The van der Waals surface area contributed by atoms with Gasteiger partial charge in [-0.1, -0.05) is 12.2 Å². The van der Waals surface area contributed by atoms with E-state index < -0.39 is 35.6 Å². The number of carbonyl (C=O) groups excluding carboxylic acids is 2. The van der Waals surface area contributed by atoms with Gasteiger partial charge in [-0.15, -0.1) is 13.2 Å². The maximum absolute atomic E-state index is 12.2. The smallest absolute Gasteiger partial charge is 0.337 e. The molecule has 1 aromatic rings. The number of nitrogens with one attached hydrogen (secondary N) is 2. The highest BCUT2D eigenvalue weighted by molar-refractivity contribution is 5.93. The molecule has 0 bridgehead atoms. The molecule has 0 saturated heterocycles. The van der Waals surface area contributed by atoms with Crippen molar-refractivity contribution in [1.29, 1.82) is 0 Å². The Morgan fingerprint density at radius 2 is 1.39 bits per heavy atom. The van der Waals surface area contributed by atoms with Gasteiger partial charge in [0.2, 0.25) is 5.91 Å². The second kappa shape index (κ2) is 7.73. The molecule has 2 N–H and O–H groups in total. The molecule has 124 valence electrons. The Kier molecular flexibility index (Phi) is 6.01. The monoisotopic (exact) mass is 323 g/mol. The molecule has 23 heavy (non-hydrogen) atoms. The summed E-state index contributed by atoms with van der Waals surface area (Å²) in [4.78, 5) is 59.3. The number of hydrogen-bond donors (Lipinski definition) is 2. The number of nitrogens with zero attached hydrogens (tertiary/aromatic N) is 3. The fourth-order valence-corrected chi connectivity index (χ4v) is 1.76. The van der Waals surface area contributed by atoms with E-state index in [1.807, 2.05) is 5.32 Å². The van der Waals surface area contributed by atoms with Gasteiger partial charge in [0.15, 0.2) is 0 Å². The fourth-order valence-electron chi connectivity index (χ4n) is 1.76. The van der Waals surface area contributed by atoms with E-state index in [0.717, 1.165) is 9.13 Å². The first kappa shape index (κ1) is 17.9. The summed E-state index contributed by atoms with van der Waals surface area (Å²) in [5.74, 6) is -0.877. The first-order valence-electron chi connectivity index (χ1n) is 6.55. The number of imide groups is 1. The minimum absolute atomic E-state index is 0.133. The van der Waals surface area contributed by atoms with Crippen LogP contribution in [0.4, 0.5) is 4.79 Å². The van der Waals surface area contributed by atoms with Crippen molar-refractivity contribution in [2.45, 2.75) is 19.6 Å². The molecule has 0 aliphatic heterocycles. The van der Waals surface area contributed by atoms with E-state index >= 15 is 0 Å². The normalized spacial score (nSPS) is 9.96. The molecule has 0 unspecified atom stereocenters. The van der Waals surface area contributed by atoms with E-state index in [-0.39, 0.29) is 13.1 Å². The van der Waals surface area contributed by atoms with Crippen LogP contribution in [-0.4, -0.2) is 32.7 Å². The number of rotatable bonds is 6. The summed E-state index contributed by atoms with van der Waals surface area (Å²) in [6.45, 7) is 5.89. The summed E-state index contributed by atoms with van der Waals surface area (Å²) in [7, 11) is 1.30. The summed E-state index contributed by atoms with van der Waals surface area (Å²) in [5.41, 5.74) is -2.76. The predicted octanol–water partition coefficient (Wildman–Crippen LogP) is -2.00. The first-order valence-corrected chi connectivity index (χ1v) is 6.55. The highest BCUT2D eigenvalue weighted by atomic mass is 16.2. The molecule has 0 aliphatic carbocycles. The van der Waals surface area contributed by atoms with Crippen molar-refractivity contribution in [3.05, 3.63) is 56.8 Å². The maximum Gasteiger partial charge on any atom is 0.337 e. The van der Waals surface area contributed by atoms with Gasteiger partial charge >= 0.3 is 23.1 Å². The van der Waals surface area contributed by atoms with E-state index in [9.17, 15) is 24.0 Å². The first-order chi connectivity index (χ1) is 10.9. The summed E-state index contributed by atoms with van der Waals surface area (Å²) >= 11 is 0. The average molecular weight is 323 g/mol. The van der Waals surface area contributed by atoms with Crippen LogP contribution in [0.3, 0.4) is 0 Å². The zero-order valence-corrected chi connectivity index (χ0v) is 12.6. The van der Waals surface area contributed by atoms with Crippen molar-refractivity contribution in [3.63, 3.8) is 0 Å². The van der Waals surface area contributed by atoms with Gasteiger partial charge in [-0.2, -0.15) is 0 Å². The molecule has 1 rings (SSSR count). The number of hydrogen-bond acceptors (Lipinski definition) is 5. The van der Waals surface area contributed by atoms with Crippen LogP contribution in [0.2, 0.25) is 0 Å². The molecule has 0 spiro atoms. The molecule has 0 aliphatic rings. The van der Waals surface area contributed by atoms with Crippen LogP contribution in [0.1, 0.15) is 0 Å². The summed E-state index contributed by atoms with van der Waals surface area (Å²) in [5, 5.41) is 4.09. The molecule has 10 nitrogen and oxygen atoms in total. The van der Waals surface area contributed by atoms with Crippen molar-refractivity contribution < 1.29 is 9.59 Å². The third-order valence-corrected chi connectivity index (χ3v) is 2.79.